The van der Waals surface area contributed by atoms with E-state index in [0.717, 1.165) is 22.9 Å². The molecule has 2 aromatic carbocycles. The molecule has 3 heteroatoms. The molecule has 1 aromatic heterocycles. The zero-order valence-corrected chi connectivity index (χ0v) is 21.0. The lowest BCUT2D eigenvalue weighted by Gasteiger charge is -2.24. The summed E-state index contributed by atoms with van der Waals surface area (Å²) in [7, 11) is 0. The molecule has 0 amide bonds. The fourth-order valence-corrected chi connectivity index (χ4v) is 4.03. The normalized spacial score (nSPS) is 11.6. The van der Waals surface area contributed by atoms with Gasteiger partial charge < -0.3 is 10.6 Å². The van der Waals surface area contributed by atoms with Gasteiger partial charge in [0, 0.05) is 17.3 Å². The van der Waals surface area contributed by atoms with E-state index >= 15 is 0 Å². The molecule has 0 unspecified atom stereocenters. The number of pyridine rings is 1. The second kappa shape index (κ2) is 10.2. The minimum Gasteiger partial charge on any atom is -0.380 e. The van der Waals surface area contributed by atoms with Gasteiger partial charge in [-0.1, -0.05) is 71.9 Å². The van der Waals surface area contributed by atoms with Crippen LogP contribution in [0.5, 0.6) is 0 Å². The van der Waals surface area contributed by atoms with Gasteiger partial charge in [-0.05, 0) is 72.6 Å². The molecule has 0 spiro atoms. The molecule has 0 saturated heterocycles. The summed E-state index contributed by atoms with van der Waals surface area (Å²) in [4.78, 5) is 5.18. The molecule has 0 aliphatic rings. The molecule has 0 aliphatic heterocycles. The van der Waals surface area contributed by atoms with Gasteiger partial charge in [0.2, 0.25) is 0 Å². The lowest BCUT2D eigenvalue weighted by molar-refractivity contribution is 0.806. The van der Waals surface area contributed by atoms with Crippen LogP contribution in [0.2, 0.25) is 0 Å². The van der Waals surface area contributed by atoms with Crippen LogP contribution in [0, 0.1) is 0 Å². The van der Waals surface area contributed by atoms with Crippen molar-refractivity contribution in [2.45, 2.75) is 79.2 Å². The van der Waals surface area contributed by atoms with E-state index in [4.69, 9.17) is 4.98 Å². The maximum Gasteiger partial charge on any atom is 0.154 e. The number of nitrogens with one attached hydrogen (secondary N) is 2. The second-order valence-electron chi connectivity index (χ2n) is 9.92. The van der Waals surface area contributed by atoms with Gasteiger partial charge in [0.1, 0.15) is 0 Å². The standard InChI is InChI=1S/C29H39N3/c1-18(2)22-16-24(19(3)4)28(25(17-22)20(5)6)26-14-15-27(30-21(7)8)29(32-26)31-23-12-10-9-11-13-23/h9-21,30H,1-8H3,(H,31,32). The molecule has 0 radical (unpaired) electrons. The van der Waals surface area contributed by atoms with Crippen molar-refractivity contribution in [3.05, 3.63) is 71.3 Å². The Labute approximate surface area is 194 Å². The summed E-state index contributed by atoms with van der Waals surface area (Å²) < 4.78 is 0. The van der Waals surface area contributed by atoms with E-state index < -0.39 is 0 Å². The molecule has 0 atom stereocenters. The van der Waals surface area contributed by atoms with Crippen molar-refractivity contribution in [1.29, 1.82) is 0 Å². The zero-order valence-electron chi connectivity index (χ0n) is 21.0. The quantitative estimate of drug-likeness (QED) is 0.376. The number of benzene rings is 2. The van der Waals surface area contributed by atoms with Gasteiger partial charge in [-0.25, -0.2) is 4.98 Å². The van der Waals surface area contributed by atoms with Gasteiger partial charge in [0.25, 0.3) is 0 Å². The number of rotatable bonds is 8. The lowest BCUT2D eigenvalue weighted by atomic mass is 9.83. The molecule has 0 bridgehead atoms. The van der Waals surface area contributed by atoms with Crippen molar-refractivity contribution in [3.8, 4) is 11.3 Å². The molecule has 2 N–H and O–H groups in total. The summed E-state index contributed by atoms with van der Waals surface area (Å²) in [5.74, 6) is 2.20. The van der Waals surface area contributed by atoms with Crippen molar-refractivity contribution >= 4 is 17.2 Å². The first-order valence-electron chi connectivity index (χ1n) is 11.9. The summed E-state index contributed by atoms with van der Waals surface area (Å²) in [5, 5.41) is 7.09. The van der Waals surface area contributed by atoms with Gasteiger partial charge in [0.05, 0.1) is 11.4 Å². The molecule has 1 heterocycles. The molecule has 0 fully saturated rings. The second-order valence-corrected chi connectivity index (χ2v) is 9.92. The van der Waals surface area contributed by atoms with Gasteiger partial charge in [-0.15, -0.1) is 0 Å². The van der Waals surface area contributed by atoms with Crippen molar-refractivity contribution in [2.75, 3.05) is 10.6 Å². The fraction of sp³-hybridized carbons (Fsp3) is 0.414. The van der Waals surface area contributed by atoms with Crippen molar-refractivity contribution in [2.24, 2.45) is 0 Å². The third kappa shape index (κ3) is 5.51. The highest BCUT2D eigenvalue weighted by Crippen LogP contribution is 2.39. The van der Waals surface area contributed by atoms with Gasteiger partial charge in [-0.3, -0.25) is 0 Å². The first-order valence-corrected chi connectivity index (χ1v) is 11.9. The summed E-state index contributed by atoms with van der Waals surface area (Å²) >= 11 is 0. The van der Waals surface area contributed by atoms with Crippen LogP contribution < -0.4 is 10.6 Å². The molecule has 3 rings (SSSR count). The summed E-state index contributed by atoms with van der Waals surface area (Å²) in [5.41, 5.74) is 8.52. The van der Waals surface area contributed by atoms with Crippen molar-refractivity contribution in [3.63, 3.8) is 0 Å². The highest BCUT2D eigenvalue weighted by molar-refractivity contribution is 5.78. The van der Waals surface area contributed by atoms with Crippen LogP contribution in [0.1, 0.15) is 89.8 Å². The maximum atomic E-state index is 5.18. The number of anilines is 3. The first-order chi connectivity index (χ1) is 15.2. The molecule has 0 saturated carbocycles. The molecular formula is C29H39N3. The van der Waals surface area contributed by atoms with Gasteiger partial charge in [0.15, 0.2) is 5.82 Å². The smallest absolute Gasteiger partial charge is 0.154 e. The van der Waals surface area contributed by atoms with E-state index in [1.165, 1.54) is 22.3 Å². The molecule has 32 heavy (non-hydrogen) atoms. The largest absolute Gasteiger partial charge is 0.380 e. The van der Waals surface area contributed by atoms with Crippen LogP contribution in [-0.4, -0.2) is 11.0 Å². The third-order valence-electron chi connectivity index (χ3n) is 5.76. The summed E-state index contributed by atoms with van der Waals surface area (Å²) in [6.07, 6.45) is 0. The van der Waals surface area contributed by atoms with Gasteiger partial charge >= 0.3 is 0 Å². The number of aromatic nitrogens is 1. The van der Waals surface area contributed by atoms with Crippen molar-refractivity contribution in [1.82, 2.24) is 4.98 Å². The van der Waals surface area contributed by atoms with Crippen LogP contribution in [0.15, 0.2) is 54.6 Å². The average Bonchev–Trinajstić information content (AvgIpc) is 2.74. The molecule has 170 valence electrons. The Hall–Kier alpha value is -2.81. The molecule has 3 nitrogen and oxygen atoms in total. The minimum absolute atomic E-state index is 0.321. The maximum absolute atomic E-state index is 5.18. The molecule has 0 aliphatic carbocycles. The average molecular weight is 430 g/mol. The Morgan fingerprint density at radius 1 is 0.688 bits per heavy atom. The third-order valence-corrected chi connectivity index (χ3v) is 5.76. The topological polar surface area (TPSA) is 37.0 Å². The minimum atomic E-state index is 0.321. The van der Waals surface area contributed by atoms with Crippen LogP contribution in [0.3, 0.4) is 0 Å². The van der Waals surface area contributed by atoms with E-state index in [1.807, 2.05) is 18.2 Å². The summed E-state index contributed by atoms with van der Waals surface area (Å²) in [6, 6.07) is 19.7. The van der Waals surface area contributed by atoms with Crippen LogP contribution in [-0.2, 0) is 0 Å². The SMILES string of the molecule is CC(C)Nc1ccc(-c2c(C(C)C)cc(C(C)C)cc2C(C)C)nc1Nc1ccccc1. The Balaban J connectivity index is 2.21. The first kappa shape index (κ1) is 23.8. The number of para-hydroxylation sites is 1. The molecular weight excluding hydrogens is 390 g/mol. The van der Waals surface area contributed by atoms with E-state index in [9.17, 15) is 0 Å². The van der Waals surface area contributed by atoms with E-state index in [2.05, 4.69) is 102 Å². The number of hydrogen-bond donors (Lipinski definition) is 2. The lowest BCUT2D eigenvalue weighted by Crippen LogP contribution is -2.12. The van der Waals surface area contributed by atoms with Crippen LogP contribution >= 0.6 is 0 Å². The molecule has 3 aromatic rings. The highest BCUT2D eigenvalue weighted by Gasteiger charge is 2.20. The number of hydrogen-bond acceptors (Lipinski definition) is 3. The Morgan fingerprint density at radius 2 is 1.28 bits per heavy atom. The van der Waals surface area contributed by atoms with Crippen molar-refractivity contribution < 1.29 is 0 Å². The van der Waals surface area contributed by atoms with E-state index in [0.29, 0.717) is 23.8 Å². The van der Waals surface area contributed by atoms with Gasteiger partial charge in [-0.2, -0.15) is 0 Å². The van der Waals surface area contributed by atoms with E-state index in [-0.39, 0.29) is 0 Å². The van der Waals surface area contributed by atoms with Crippen LogP contribution in [0.25, 0.3) is 11.3 Å². The Kier molecular flexibility index (Phi) is 7.60. The van der Waals surface area contributed by atoms with E-state index in [1.54, 1.807) is 0 Å². The predicted octanol–water partition coefficient (Wildman–Crippen LogP) is 8.68. The zero-order chi connectivity index (χ0) is 23.4. The van der Waals surface area contributed by atoms with Crippen LogP contribution in [0.4, 0.5) is 17.2 Å². The monoisotopic (exact) mass is 429 g/mol. The predicted molar refractivity (Wildman–Crippen MR) is 140 cm³/mol. The highest BCUT2D eigenvalue weighted by atomic mass is 15.1. The number of nitrogens with zero attached hydrogens (tertiary/aromatic N) is 1. The Bertz CT molecular complexity index is 1000. The Morgan fingerprint density at radius 3 is 1.78 bits per heavy atom. The summed E-state index contributed by atoms with van der Waals surface area (Å²) in [6.45, 7) is 18.0. The fourth-order valence-electron chi connectivity index (χ4n) is 4.03.